The molecule has 2 radical (unpaired) electrons. The highest BCUT2D eigenvalue weighted by molar-refractivity contribution is 6.32. The molecule has 0 heterocycles. The first kappa shape index (κ1) is 22.7. The van der Waals surface area contributed by atoms with Crippen LogP contribution in [0.2, 0.25) is 0 Å². The first-order valence-electron chi connectivity index (χ1n) is 10.7. The Balaban J connectivity index is 0.000000261. The van der Waals surface area contributed by atoms with Gasteiger partial charge in [0.2, 0.25) is 0 Å². The van der Waals surface area contributed by atoms with Crippen LogP contribution in [0.1, 0.15) is 64.0 Å². The lowest BCUT2D eigenvalue weighted by Crippen LogP contribution is -2.43. The molecule has 0 saturated heterocycles. The van der Waals surface area contributed by atoms with Crippen LogP contribution in [0.15, 0.2) is 48.5 Å². The molecule has 2 atom stereocenters. The lowest BCUT2D eigenvalue weighted by molar-refractivity contribution is 0.115. The maximum Gasteiger partial charge on any atom is 0.122 e. The molecule has 2 aromatic rings. The van der Waals surface area contributed by atoms with E-state index in [1.807, 2.05) is 31.3 Å². The molecule has 0 bridgehead atoms. The van der Waals surface area contributed by atoms with E-state index in [1.165, 1.54) is 30.9 Å². The number of halogens is 1. The standard InChI is InChI=1S/C17H24BF.C8H11N/c1-4-8-17(12(2)6-5-7-13(17)3)14-9-15(18)11-16(19)10-14;1-9-7-8-5-3-2-4-6-8/h9-13H,4-8H2,1-3H3;2-6,9H,7H2,1H3. The Morgan fingerprint density at radius 3 is 2.25 bits per heavy atom. The Bertz CT molecular complexity index is 685. The van der Waals surface area contributed by atoms with Crippen LogP contribution in [0.5, 0.6) is 0 Å². The van der Waals surface area contributed by atoms with Gasteiger partial charge >= 0.3 is 0 Å². The summed E-state index contributed by atoms with van der Waals surface area (Å²) < 4.78 is 13.8. The van der Waals surface area contributed by atoms with Crippen LogP contribution < -0.4 is 10.8 Å². The minimum atomic E-state index is -0.199. The van der Waals surface area contributed by atoms with Gasteiger partial charge in [-0.2, -0.15) is 0 Å². The second-order valence-electron chi connectivity index (χ2n) is 8.31. The number of benzene rings is 2. The molecule has 0 amide bonds. The highest BCUT2D eigenvalue weighted by Gasteiger charge is 2.44. The van der Waals surface area contributed by atoms with E-state index in [-0.39, 0.29) is 11.2 Å². The number of hydrogen-bond acceptors (Lipinski definition) is 1. The monoisotopic (exact) mass is 379 g/mol. The van der Waals surface area contributed by atoms with Crippen LogP contribution in [0, 0.1) is 17.7 Å². The Morgan fingerprint density at radius 2 is 1.71 bits per heavy atom. The van der Waals surface area contributed by atoms with Gasteiger partial charge in [0.15, 0.2) is 0 Å². The molecule has 1 saturated carbocycles. The third-order valence-electron chi connectivity index (χ3n) is 6.38. The third kappa shape index (κ3) is 5.47. The van der Waals surface area contributed by atoms with Crippen LogP contribution in [0.3, 0.4) is 0 Å². The van der Waals surface area contributed by atoms with Crippen LogP contribution in [-0.2, 0) is 12.0 Å². The summed E-state index contributed by atoms with van der Waals surface area (Å²) in [4.78, 5) is 0. The smallest absolute Gasteiger partial charge is 0.122 e. The van der Waals surface area contributed by atoms with Crippen LogP contribution in [0.25, 0.3) is 0 Å². The van der Waals surface area contributed by atoms with Crippen molar-refractivity contribution in [2.24, 2.45) is 11.8 Å². The van der Waals surface area contributed by atoms with Gasteiger partial charge < -0.3 is 5.32 Å². The van der Waals surface area contributed by atoms with E-state index in [0.717, 1.165) is 24.9 Å². The fourth-order valence-electron chi connectivity index (χ4n) is 5.03. The summed E-state index contributed by atoms with van der Waals surface area (Å²) in [6.07, 6.45) is 6.02. The molecule has 2 unspecified atom stereocenters. The van der Waals surface area contributed by atoms with Crippen molar-refractivity contribution in [1.82, 2.24) is 5.32 Å². The predicted molar refractivity (Wildman–Crippen MR) is 120 cm³/mol. The first-order valence-corrected chi connectivity index (χ1v) is 10.7. The Labute approximate surface area is 172 Å². The van der Waals surface area contributed by atoms with E-state index in [4.69, 9.17) is 7.85 Å². The summed E-state index contributed by atoms with van der Waals surface area (Å²) in [6.45, 7) is 7.83. The topological polar surface area (TPSA) is 12.0 Å². The van der Waals surface area contributed by atoms with Gasteiger partial charge in [-0.15, -0.1) is 0 Å². The average Bonchev–Trinajstić information content (AvgIpc) is 2.66. The van der Waals surface area contributed by atoms with Crippen LogP contribution in [-0.4, -0.2) is 14.9 Å². The van der Waals surface area contributed by atoms with E-state index < -0.39 is 0 Å². The zero-order chi connectivity index (χ0) is 20.6. The molecule has 3 rings (SSSR count). The minimum Gasteiger partial charge on any atom is -0.316 e. The van der Waals surface area contributed by atoms with Gasteiger partial charge in [-0.3, -0.25) is 0 Å². The van der Waals surface area contributed by atoms with E-state index in [9.17, 15) is 4.39 Å². The van der Waals surface area contributed by atoms with Crippen molar-refractivity contribution >= 4 is 13.3 Å². The molecule has 150 valence electrons. The van der Waals surface area contributed by atoms with Crippen molar-refractivity contribution in [3.05, 3.63) is 65.5 Å². The van der Waals surface area contributed by atoms with Gasteiger partial charge in [-0.1, -0.05) is 75.5 Å². The summed E-state index contributed by atoms with van der Waals surface area (Å²) >= 11 is 0. The van der Waals surface area contributed by atoms with Crippen LogP contribution in [0.4, 0.5) is 4.39 Å². The molecule has 0 spiro atoms. The van der Waals surface area contributed by atoms with Gasteiger partial charge in [-0.25, -0.2) is 4.39 Å². The lowest BCUT2D eigenvalue weighted by Gasteiger charge is -2.48. The highest BCUT2D eigenvalue weighted by atomic mass is 19.1. The molecule has 1 nitrogen and oxygen atoms in total. The van der Waals surface area contributed by atoms with Crippen molar-refractivity contribution in [3.8, 4) is 0 Å². The lowest BCUT2D eigenvalue weighted by atomic mass is 9.56. The molecule has 1 N–H and O–H groups in total. The summed E-state index contributed by atoms with van der Waals surface area (Å²) in [5, 5.41) is 3.08. The second kappa shape index (κ2) is 10.8. The molecule has 1 aliphatic rings. The second-order valence-corrected chi connectivity index (χ2v) is 8.31. The molecule has 28 heavy (non-hydrogen) atoms. The highest BCUT2D eigenvalue weighted by Crippen LogP contribution is 2.50. The summed E-state index contributed by atoms with van der Waals surface area (Å²) in [6, 6.07) is 15.5. The molecule has 1 aliphatic carbocycles. The molecule has 3 heteroatoms. The van der Waals surface area contributed by atoms with E-state index in [0.29, 0.717) is 17.3 Å². The normalized spacial score (nSPS) is 24.3. The number of rotatable bonds is 5. The minimum absolute atomic E-state index is 0.100. The summed E-state index contributed by atoms with van der Waals surface area (Å²) in [5.74, 6) is 0.991. The number of hydrogen-bond donors (Lipinski definition) is 1. The van der Waals surface area contributed by atoms with Crippen molar-refractivity contribution in [1.29, 1.82) is 0 Å². The molecule has 0 aliphatic heterocycles. The Hall–Kier alpha value is -1.61. The quantitative estimate of drug-likeness (QED) is 0.675. The van der Waals surface area contributed by atoms with Crippen LogP contribution >= 0.6 is 0 Å². The zero-order valence-corrected chi connectivity index (χ0v) is 18.0. The molecular formula is C25H35BFN. The summed E-state index contributed by atoms with van der Waals surface area (Å²) in [5.41, 5.74) is 3.10. The van der Waals surface area contributed by atoms with Gasteiger partial charge in [0.1, 0.15) is 13.7 Å². The maximum atomic E-state index is 13.8. The van der Waals surface area contributed by atoms with E-state index in [2.05, 4.69) is 38.2 Å². The average molecular weight is 379 g/mol. The number of nitrogens with one attached hydrogen (secondary N) is 1. The third-order valence-corrected chi connectivity index (χ3v) is 6.38. The fraction of sp³-hybridized carbons (Fsp3) is 0.520. The molecule has 2 aromatic carbocycles. The molecular weight excluding hydrogens is 344 g/mol. The maximum absolute atomic E-state index is 13.8. The SMILES string of the molecule is CNCc1ccccc1.[B]c1cc(F)cc(C2(CCC)C(C)CCCC2C)c1. The van der Waals surface area contributed by atoms with Crippen molar-refractivity contribution in [3.63, 3.8) is 0 Å². The van der Waals surface area contributed by atoms with Gasteiger partial charge in [0, 0.05) is 12.0 Å². The Morgan fingerprint density at radius 1 is 1.07 bits per heavy atom. The zero-order valence-electron chi connectivity index (χ0n) is 18.0. The van der Waals surface area contributed by atoms with Gasteiger partial charge in [0.05, 0.1) is 0 Å². The van der Waals surface area contributed by atoms with Crippen molar-refractivity contribution < 1.29 is 4.39 Å². The van der Waals surface area contributed by atoms with Crippen molar-refractivity contribution in [2.45, 2.75) is 64.8 Å². The summed E-state index contributed by atoms with van der Waals surface area (Å²) in [7, 11) is 7.82. The first-order chi connectivity index (χ1) is 13.4. The van der Waals surface area contributed by atoms with Gasteiger partial charge in [-0.05, 0) is 61.4 Å². The van der Waals surface area contributed by atoms with Crippen molar-refractivity contribution in [2.75, 3.05) is 7.05 Å². The largest absolute Gasteiger partial charge is 0.316 e. The fourth-order valence-corrected chi connectivity index (χ4v) is 5.03. The molecule has 0 aromatic heterocycles. The predicted octanol–water partition coefficient (Wildman–Crippen LogP) is 5.52. The molecule has 1 fully saturated rings. The van der Waals surface area contributed by atoms with Gasteiger partial charge in [0.25, 0.3) is 0 Å². The van der Waals surface area contributed by atoms with E-state index in [1.54, 1.807) is 6.07 Å². The van der Waals surface area contributed by atoms with E-state index >= 15 is 0 Å². The Kier molecular flexibility index (Phi) is 8.75.